The van der Waals surface area contributed by atoms with Gasteiger partial charge in [-0.1, -0.05) is 19.8 Å². The predicted molar refractivity (Wildman–Crippen MR) is 58.4 cm³/mol. The number of rotatable bonds is 5. The third-order valence-corrected chi connectivity index (χ3v) is 3.42. The summed E-state index contributed by atoms with van der Waals surface area (Å²) in [4.78, 5) is 0. The quantitative estimate of drug-likeness (QED) is 0.679. The second-order valence-electron chi connectivity index (χ2n) is 4.46. The van der Waals surface area contributed by atoms with Crippen LogP contribution in [-0.2, 0) is 9.47 Å². The lowest BCUT2D eigenvalue weighted by Crippen LogP contribution is -2.33. The van der Waals surface area contributed by atoms with Crippen molar-refractivity contribution in [3.63, 3.8) is 0 Å². The van der Waals surface area contributed by atoms with Gasteiger partial charge >= 0.3 is 0 Å². The van der Waals surface area contributed by atoms with Crippen LogP contribution in [0, 0.1) is 11.8 Å². The number of hydrogen-bond acceptors (Lipinski definition) is 2. The van der Waals surface area contributed by atoms with Gasteiger partial charge in [-0.2, -0.15) is 0 Å². The zero-order valence-electron chi connectivity index (χ0n) is 9.79. The smallest absolute Gasteiger partial charge is 0.0624 e. The minimum absolute atomic E-state index is 0.431. The maximum absolute atomic E-state index is 5.55. The first-order valence-electron chi connectivity index (χ1n) is 5.83. The molecule has 0 aromatic rings. The monoisotopic (exact) mass is 200 g/mol. The van der Waals surface area contributed by atoms with Gasteiger partial charge in [-0.25, -0.2) is 0 Å². The maximum Gasteiger partial charge on any atom is 0.0624 e. The molecule has 0 amide bonds. The normalized spacial score (nSPS) is 33.2. The second-order valence-corrected chi connectivity index (χ2v) is 4.46. The minimum atomic E-state index is 0.431. The molecule has 0 radical (unpaired) electrons. The van der Waals surface area contributed by atoms with E-state index in [-0.39, 0.29) is 0 Å². The van der Waals surface area contributed by atoms with Crippen LogP contribution in [0.15, 0.2) is 0 Å². The van der Waals surface area contributed by atoms with Crippen molar-refractivity contribution < 1.29 is 9.47 Å². The number of hydrogen-bond donors (Lipinski definition) is 0. The summed E-state index contributed by atoms with van der Waals surface area (Å²) in [5, 5.41) is 0. The van der Waals surface area contributed by atoms with E-state index in [2.05, 4.69) is 6.92 Å². The summed E-state index contributed by atoms with van der Waals surface area (Å²) in [5.41, 5.74) is 0. The average molecular weight is 200 g/mol. The van der Waals surface area contributed by atoms with E-state index in [9.17, 15) is 0 Å². The number of methoxy groups -OCH3 is 2. The van der Waals surface area contributed by atoms with Crippen molar-refractivity contribution in [3.8, 4) is 0 Å². The van der Waals surface area contributed by atoms with Crippen molar-refractivity contribution in [3.05, 3.63) is 0 Å². The van der Waals surface area contributed by atoms with E-state index in [0.717, 1.165) is 12.5 Å². The molecule has 0 bridgehead atoms. The molecule has 1 aliphatic carbocycles. The molecular formula is C12H24O2. The third-order valence-electron chi connectivity index (χ3n) is 3.42. The van der Waals surface area contributed by atoms with Crippen LogP contribution in [0.4, 0.5) is 0 Å². The summed E-state index contributed by atoms with van der Waals surface area (Å²) in [6.07, 6.45) is 6.97. The molecule has 2 heteroatoms. The molecule has 1 saturated carbocycles. The number of ether oxygens (including phenoxy) is 2. The molecule has 0 saturated heterocycles. The van der Waals surface area contributed by atoms with Crippen LogP contribution in [0.3, 0.4) is 0 Å². The Balaban J connectivity index is 2.37. The van der Waals surface area contributed by atoms with Crippen LogP contribution in [0.25, 0.3) is 0 Å². The molecule has 0 heterocycles. The second kappa shape index (κ2) is 6.41. The van der Waals surface area contributed by atoms with Gasteiger partial charge in [0.25, 0.3) is 0 Å². The van der Waals surface area contributed by atoms with Crippen molar-refractivity contribution in [1.29, 1.82) is 0 Å². The molecular weight excluding hydrogens is 176 g/mol. The van der Waals surface area contributed by atoms with Crippen LogP contribution < -0.4 is 0 Å². The molecule has 3 atom stereocenters. The lowest BCUT2D eigenvalue weighted by atomic mass is 9.78. The molecule has 0 spiro atoms. The fraction of sp³-hybridized carbons (Fsp3) is 1.00. The standard InChI is InChI=1S/C12H24O2/c1-4-5-10-6-7-11(9-13-2)12(8-10)14-3/h10-12H,4-9H2,1-3H3. The Morgan fingerprint density at radius 3 is 2.57 bits per heavy atom. The van der Waals surface area contributed by atoms with Crippen molar-refractivity contribution in [1.82, 2.24) is 0 Å². The molecule has 1 aliphatic rings. The summed E-state index contributed by atoms with van der Waals surface area (Å²) in [6.45, 7) is 3.13. The zero-order chi connectivity index (χ0) is 10.4. The Morgan fingerprint density at radius 2 is 2.00 bits per heavy atom. The highest BCUT2D eigenvalue weighted by Gasteiger charge is 2.29. The molecule has 0 aliphatic heterocycles. The third kappa shape index (κ3) is 3.25. The van der Waals surface area contributed by atoms with Gasteiger partial charge in [-0.05, 0) is 25.2 Å². The molecule has 3 unspecified atom stereocenters. The van der Waals surface area contributed by atoms with E-state index in [1.165, 1.54) is 32.1 Å². The van der Waals surface area contributed by atoms with Crippen LogP contribution >= 0.6 is 0 Å². The Labute approximate surface area is 88.0 Å². The van der Waals surface area contributed by atoms with Crippen molar-refractivity contribution in [2.45, 2.75) is 45.1 Å². The largest absolute Gasteiger partial charge is 0.384 e. The highest BCUT2D eigenvalue weighted by molar-refractivity contribution is 4.80. The van der Waals surface area contributed by atoms with Crippen molar-refractivity contribution in [2.24, 2.45) is 11.8 Å². The van der Waals surface area contributed by atoms with Crippen molar-refractivity contribution >= 4 is 0 Å². The first kappa shape index (κ1) is 12.0. The Hall–Kier alpha value is -0.0800. The van der Waals surface area contributed by atoms with Gasteiger partial charge in [-0.15, -0.1) is 0 Å². The molecule has 14 heavy (non-hydrogen) atoms. The van der Waals surface area contributed by atoms with Gasteiger partial charge in [0.05, 0.1) is 12.7 Å². The minimum Gasteiger partial charge on any atom is -0.384 e. The SMILES string of the molecule is CCCC1CCC(COC)C(OC)C1. The molecule has 0 aromatic carbocycles. The Morgan fingerprint density at radius 1 is 1.21 bits per heavy atom. The van der Waals surface area contributed by atoms with Gasteiger partial charge in [-0.3, -0.25) is 0 Å². The van der Waals surface area contributed by atoms with Crippen LogP contribution in [-0.4, -0.2) is 26.9 Å². The van der Waals surface area contributed by atoms with Gasteiger partial charge in [0.2, 0.25) is 0 Å². The lowest BCUT2D eigenvalue weighted by Gasteiger charge is -2.34. The summed E-state index contributed by atoms with van der Waals surface area (Å²) in [5.74, 6) is 1.51. The summed E-state index contributed by atoms with van der Waals surface area (Å²) in [7, 11) is 3.62. The summed E-state index contributed by atoms with van der Waals surface area (Å²) in [6, 6.07) is 0. The average Bonchev–Trinajstić information content (AvgIpc) is 2.21. The van der Waals surface area contributed by atoms with Gasteiger partial charge in [0.1, 0.15) is 0 Å². The van der Waals surface area contributed by atoms with Crippen molar-refractivity contribution in [2.75, 3.05) is 20.8 Å². The molecule has 1 rings (SSSR count). The molecule has 0 N–H and O–H groups in total. The Kier molecular flexibility index (Phi) is 5.49. The van der Waals surface area contributed by atoms with Crippen LogP contribution in [0.2, 0.25) is 0 Å². The molecule has 84 valence electrons. The highest BCUT2D eigenvalue weighted by Crippen LogP contribution is 2.33. The van der Waals surface area contributed by atoms with Gasteiger partial charge in [0, 0.05) is 20.1 Å². The van der Waals surface area contributed by atoms with E-state index in [4.69, 9.17) is 9.47 Å². The highest BCUT2D eigenvalue weighted by atomic mass is 16.5. The topological polar surface area (TPSA) is 18.5 Å². The first-order valence-corrected chi connectivity index (χ1v) is 5.83. The molecule has 2 nitrogen and oxygen atoms in total. The molecule has 0 aromatic heterocycles. The summed E-state index contributed by atoms with van der Waals surface area (Å²) >= 11 is 0. The lowest BCUT2D eigenvalue weighted by molar-refractivity contribution is -0.0260. The maximum atomic E-state index is 5.55. The van der Waals surface area contributed by atoms with E-state index in [1.54, 1.807) is 7.11 Å². The van der Waals surface area contributed by atoms with Gasteiger partial charge in [0.15, 0.2) is 0 Å². The first-order chi connectivity index (χ1) is 6.81. The van der Waals surface area contributed by atoms with E-state index in [1.807, 2.05) is 7.11 Å². The van der Waals surface area contributed by atoms with Gasteiger partial charge < -0.3 is 9.47 Å². The van der Waals surface area contributed by atoms with E-state index >= 15 is 0 Å². The van der Waals surface area contributed by atoms with E-state index in [0.29, 0.717) is 12.0 Å². The fourth-order valence-corrected chi connectivity index (χ4v) is 2.64. The van der Waals surface area contributed by atoms with E-state index < -0.39 is 0 Å². The molecule has 1 fully saturated rings. The van der Waals surface area contributed by atoms with Crippen LogP contribution in [0.1, 0.15) is 39.0 Å². The zero-order valence-corrected chi connectivity index (χ0v) is 9.79. The van der Waals surface area contributed by atoms with Crippen LogP contribution in [0.5, 0.6) is 0 Å². The Bertz CT molecular complexity index is 147. The fourth-order valence-electron chi connectivity index (χ4n) is 2.64. The predicted octanol–water partition coefficient (Wildman–Crippen LogP) is 2.86. The summed E-state index contributed by atoms with van der Waals surface area (Å²) < 4.78 is 10.8.